The van der Waals surface area contributed by atoms with E-state index in [9.17, 15) is 9.59 Å². The van der Waals surface area contributed by atoms with Crippen LogP contribution in [-0.2, 0) is 4.79 Å². The summed E-state index contributed by atoms with van der Waals surface area (Å²) in [5.41, 5.74) is 0.956. The molecule has 0 bridgehead atoms. The number of carbonyl (C=O) groups is 2. The summed E-state index contributed by atoms with van der Waals surface area (Å²) in [6.07, 6.45) is 8.28. The van der Waals surface area contributed by atoms with Crippen molar-refractivity contribution in [2.24, 2.45) is 5.92 Å². The molecule has 3 aromatic heterocycles. The molecule has 0 spiro atoms. The molecule has 160 valence electrons. The van der Waals surface area contributed by atoms with Gasteiger partial charge in [0.1, 0.15) is 11.3 Å². The van der Waals surface area contributed by atoms with Crippen molar-refractivity contribution in [2.45, 2.75) is 31.7 Å². The molecule has 2 fully saturated rings. The lowest BCUT2D eigenvalue weighted by molar-refractivity contribution is -0.117. The molecule has 0 saturated heterocycles. The van der Waals surface area contributed by atoms with Gasteiger partial charge in [0, 0.05) is 40.9 Å². The summed E-state index contributed by atoms with van der Waals surface area (Å²) in [5.74, 6) is -0.0614. The van der Waals surface area contributed by atoms with Crippen LogP contribution in [0.3, 0.4) is 0 Å². The average Bonchev–Trinajstić information content (AvgIpc) is 3.70. The molecule has 0 unspecified atom stereocenters. The molecule has 10 nitrogen and oxygen atoms in total. The Morgan fingerprint density at radius 2 is 2.03 bits per heavy atom. The van der Waals surface area contributed by atoms with Crippen LogP contribution in [0, 0.1) is 5.92 Å². The van der Waals surface area contributed by atoms with E-state index < -0.39 is 12.9 Å². The van der Waals surface area contributed by atoms with Gasteiger partial charge in [-0.1, -0.05) is 0 Å². The first kappa shape index (κ1) is 16.1. The molecule has 2 saturated carbocycles. The Labute approximate surface area is 182 Å². The van der Waals surface area contributed by atoms with Crippen molar-refractivity contribution in [1.29, 1.82) is 0 Å². The van der Waals surface area contributed by atoms with Crippen LogP contribution in [0.5, 0.6) is 5.75 Å². The number of ether oxygens (including phenoxy) is 1. The molecular formula is C21H23N7O3. The van der Waals surface area contributed by atoms with E-state index in [1.54, 1.807) is 12.4 Å². The van der Waals surface area contributed by atoms with E-state index in [0.29, 0.717) is 17.6 Å². The standard InChI is InChI=1S/C21H23N7O3/c1-22-21(30)14-10-23-16(27-20(29)11-3-4-11)7-15(14)26-19-18(31-2)17-12(8-24-19)9-25-28(17)13-5-6-13/h7-11,13H,3-6H2,1-2H3,(H,22,30)(H2,23,24,26,27,29)/i1D3. The highest BCUT2D eigenvalue weighted by Crippen LogP contribution is 2.41. The number of anilines is 3. The van der Waals surface area contributed by atoms with Gasteiger partial charge in [0.25, 0.3) is 5.91 Å². The SMILES string of the molecule is [2H]C([2H])([2H])NC(=O)c1cnc(NC(=O)C2CC2)cc1Nc1ncc2cnn(C3CC3)c2c1OC. The summed E-state index contributed by atoms with van der Waals surface area (Å²) in [7, 11) is 1.52. The van der Waals surface area contributed by atoms with Crippen molar-refractivity contribution in [1.82, 2.24) is 25.1 Å². The molecule has 3 N–H and O–H groups in total. The molecule has 0 aliphatic heterocycles. The van der Waals surface area contributed by atoms with Gasteiger partial charge in [-0.15, -0.1) is 0 Å². The van der Waals surface area contributed by atoms with Crippen LogP contribution >= 0.6 is 0 Å². The minimum atomic E-state index is -2.68. The van der Waals surface area contributed by atoms with Crippen molar-refractivity contribution in [3.8, 4) is 5.75 Å². The zero-order valence-electron chi connectivity index (χ0n) is 19.8. The third-order valence-corrected chi connectivity index (χ3v) is 5.40. The smallest absolute Gasteiger partial charge is 0.254 e. The molecule has 31 heavy (non-hydrogen) atoms. The van der Waals surface area contributed by atoms with Gasteiger partial charge in [-0.2, -0.15) is 5.10 Å². The molecule has 0 radical (unpaired) electrons. The number of hydrogen-bond acceptors (Lipinski definition) is 7. The van der Waals surface area contributed by atoms with Gasteiger partial charge >= 0.3 is 0 Å². The minimum Gasteiger partial charge on any atom is -0.491 e. The Morgan fingerprint density at radius 3 is 2.74 bits per heavy atom. The summed E-state index contributed by atoms with van der Waals surface area (Å²) in [6, 6.07) is 1.77. The highest BCUT2D eigenvalue weighted by Gasteiger charge is 2.30. The number of hydrogen-bond donors (Lipinski definition) is 3. The van der Waals surface area contributed by atoms with Gasteiger partial charge < -0.3 is 20.7 Å². The predicted molar refractivity (Wildman–Crippen MR) is 115 cm³/mol. The maximum absolute atomic E-state index is 12.7. The van der Waals surface area contributed by atoms with Crippen molar-refractivity contribution in [3.05, 3.63) is 30.2 Å². The Bertz CT molecular complexity index is 1280. The molecule has 2 aliphatic carbocycles. The fourth-order valence-electron chi connectivity index (χ4n) is 3.47. The van der Waals surface area contributed by atoms with Gasteiger partial charge in [0.15, 0.2) is 11.6 Å². The van der Waals surface area contributed by atoms with Gasteiger partial charge in [-0.3, -0.25) is 14.3 Å². The molecule has 5 rings (SSSR count). The molecule has 2 aliphatic rings. The number of carbonyl (C=O) groups excluding carboxylic acids is 2. The van der Waals surface area contributed by atoms with Crippen LogP contribution in [0.25, 0.3) is 10.9 Å². The lowest BCUT2D eigenvalue weighted by Crippen LogP contribution is -2.20. The Morgan fingerprint density at radius 1 is 1.19 bits per heavy atom. The first-order chi connectivity index (χ1) is 16.2. The molecular weight excluding hydrogens is 398 g/mol. The lowest BCUT2D eigenvalue weighted by Gasteiger charge is -2.15. The second-order valence-corrected chi connectivity index (χ2v) is 7.72. The number of nitrogens with zero attached hydrogens (tertiary/aromatic N) is 4. The maximum atomic E-state index is 12.7. The number of fused-ring (bicyclic) bond motifs is 1. The largest absolute Gasteiger partial charge is 0.491 e. The van der Waals surface area contributed by atoms with Crippen LogP contribution < -0.4 is 20.7 Å². The number of nitrogens with one attached hydrogen (secondary N) is 3. The molecule has 0 aromatic carbocycles. The number of pyridine rings is 2. The highest BCUT2D eigenvalue weighted by atomic mass is 16.5. The molecule has 3 aromatic rings. The topological polar surface area (TPSA) is 123 Å². The molecule has 2 amide bonds. The van der Waals surface area contributed by atoms with Gasteiger partial charge in [0.05, 0.1) is 30.6 Å². The highest BCUT2D eigenvalue weighted by molar-refractivity contribution is 6.02. The first-order valence-electron chi connectivity index (χ1n) is 11.5. The minimum absolute atomic E-state index is 0.0276. The molecule has 0 atom stereocenters. The lowest BCUT2D eigenvalue weighted by atomic mass is 10.2. The number of rotatable bonds is 7. The summed E-state index contributed by atoms with van der Waals surface area (Å²) in [4.78, 5) is 33.5. The maximum Gasteiger partial charge on any atom is 0.254 e. The average molecular weight is 424 g/mol. The van der Waals surface area contributed by atoms with Gasteiger partial charge in [0.2, 0.25) is 5.91 Å². The van der Waals surface area contributed by atoms with Gasteiger partial charge in [-0.25, -0.2) is 9.97 Å². The van der Waals surface area contributed by atoms with Gasteiger partial charge in [-0.05, 0) is 25.7 Å². The normalized spacial score (nSPS) is 17.4. The second kappa shape index (κ2) is 7.53. The van der Waals surface area contributed by atoms with Crippen molar-refractivity contribution in [2.75, 3.05) is 24.7 Å². The van der Waals surface area contributed by atoms with E-state index in [0.717, 1.165) is 36.6 Å². The van der Waals surface area contributed by atoms with E-state index >= 15 is 0 Å². The van der Waals surface area contributed by atoms with Crippen LogP contribution in [0.4, 0.5) is 17.3 Å². The van der Waals surface area contributed by atoms with E-state index in [1.165, 1.54) is 19.4 Å². The second-order valence-electron chi connectivity index (χ2n) is 7.72. The van der Waals surface area contributed by atoms with E-state index in [1.807, 2.05) is 10.00 Å². The monoisotopic (exact) mass is 424 g/mol. The van der Waals surface area contributed by atoms with Crippen LogP contribution in [0.15, 0.2) is 24.7 Å². The van der Waals surface area contributed by atoms with Crippen molar-refractivity contribution in [3.63, 3.8) is 0 Å². The summed E-state index contributed by atoms with van der Waals surface area (Å²) in [5, 5.41) is 13.0. The zero-order valence-corrected chi connectivity index (χ0v) is 16.8. The quantitative estimate of drug-likeness (QED) is 0.533. The number of methoxy groups -OCH3 is 1. The number of amides is 2. The fraction of sp³-hybridized carbons (Fsp3) is 0.381. The molecule has 3 heterocycles. The molecule has 10 heteroatoms. The summed E-state index contributed by atoms with van der Waals surface area (Å²) >= 11 is 0. The Hall–Kier alpha value is -3.69. The fourth-order valence-corrected chi connectivity index (χ4v) is 3.47. The predicted octanol–water partition coefficient (Wildman–Crippen LogP) is 2.62. The van der Waals surface area contributed by atoms with Crippen LogP contribution in [0.1, 0.15) is 46.2 Å². The zero-order chi connectivity index (χ0) is 24.0. The third kappa shape index (κ3) is 3.65. The summed E-state index contributed by atoms with van der Waals surface area (Å²) < 4.78 is 29.6. The van der Waals surface area contributed by atoms with Crippen molar-refractivity contribution >= 4 is 40.0 Å². The van der Waals surface area contributed by atoms with E-state index in [-0.39, 0.29) is 28.9 Å². The summed E-state index contributed by atoms with van der Waals surface area (Å²) in [6.45, 7) is -2.68. The third-order valence-electron chi connectivity index (χ3n) is 5.40. The van der Waals surface area contributed by atoms with E-state index in [4.69, 9.17) is 8.85 Å². The van der Waals surface area contributed by atoms with Crippen LogP contribution in [-0.4, -0.2) is 45.6 Å². The first-order valence-corrected chi connectivity index (χ1v) is 10.0. The van der Waals surface area contributed by atoms with Crippen molar-refractivity contribution < 1.29 is 18.4 Å². The Balaban J connectivity index is 1.54. The van der Waals surface area contributed by atoms with Crippen LogP contribution in [0.2, 0.25) is 0 Å². The number of aromatic nitrogens is 4. The van der Waals surface area contributed by atoms with E-state index in [2.05, 4.69) is 25.7 Å². The Kier molecular flexibility index (Phi) is 3.90.